The monoisotopic (exact) mass is 349 g/mol. The van der Waals surface area contributed by atoms with Crippen molar-refractivity contribution in [1.82, 2.24) is 4.90 Å². The number of benzene rings is 2. The van der Waals surface area contributed by atoms with Crippen molar-refractivity contribution in [1.29, 1.82) is 0 Å². The second-order valence-corrected chi connectivity index (χ2v) is 5.83. The Hall–Kier alpha value is -2.27. The van der Waals surface area contributed by atoms with Crippen LogP contribution < -0.4 is 10.1 Å². The van der Waals surface area contributed by atoms with E-state index in [0.29, 0.717) is 10.7 Å². The minimum atomic E-state index is -0.426. The summed E-state index contributed by atoms with van der Waals surface area (Å²) in [6.07, 6.45) is 1.76. The minimum Gasteiger partial charge on any atom is -0.494 e. The molecule has 0 aliphatic rings. The van der Waals surface area contributed by atoms with E-state index in [0.717, 1.165) is 23.5 Å². The van der Waals surface area contributed by atoms with E-state index in [-0.39, 0.29) is 5.75 Å². The largest absolute Gasteiger partial charge is 0.494 e. The molecule has 0 radical (unpaired) electrons. The number of hydrogen-bond acceptors (Lipinski definition) is 3. The summed E-state index contributed by atoms with van der Waals surface area (Å²) in [6, 6.07) is 8.30. The number of halogens is 2. The summed E-state index contributed by atoms with van der Waals surface area (Å²) in [7, 11) is 3.38. The van der Waals surface area contributed by atoms with Crippen LogP contribution >= 0.6 is 11.6 Å². The van der Waals surface area contributed by atoms with Gasteiger partial charge in [0.1, 0.15) is 0 Å². The molecule has 4 nitrogen and oxygen atoms in total. The van der Waals surface area contributed by atoms with Crippen molar-refractivity contribution in [3.63, 3.8) is 0 Å². The van der Waals surface area contributed by atoms with Crippen LogP contribution in [0.2, 0.25) is 5.02 Å². The van der Waals surface area contributed by atoms with Gasteiger partial charge in [0.25, 0.3) is 0 Å². The van der Waals surface area contributed by atoms with Crippen LogP contribution in [0.3, 0.4) is 0 Å². The normalized spacial score (nSPS) is 10.9. The fraction of sp³-hybridized carbons (Fsp3) is 0.278. The van der Waals surface area contributed by atoms with E-state index in [4.69, 9.17) is 16.3 Å². The zero-order valence-corrected chi connectivity index (χ0v) is 15.0. The van der Waals surface area contributed by atoms with E-state index in [9.17, 15) is 4.39 Å². The lowest BCUT2D eigenvalue weighted by Crippen LogP contribution is -2.14. The first-order valence-corrected chi connectivity index (χ1v) is 7.97. The molecule has 0 atom stereocenters. The van der Waals surface area contributed by atoms with E-state index in [1.165, 1.54) is 13.2 Å². The molecule has 0 saturated heterocycles. The fourth-order valence-electron chi connectivity index (χ4n) is 2.07. The van der Waals surface area contributed by atoms with Gasteiger partial charge in [-0.15, -0.1) is 0 Å². The number of methoxy groups -OCH3 is 1. The minimum absolute atomic E-state index is 0.205. The molecule has 0 aromatic heterocycles. The van der Waals surface area contributed by atoms with E-state index >= 15 is 0 Å². The molecule has 2 rings (SSSR count). The topological polar surface area (TPSA) is 36.9 Å². The molecule has 0 aliphatic carbocycles. The molecule has 0 unspecified atom stereocenters. The van der Waals surface area contributed by atoms with Crippen molar-refractivity contribution in [2.75, 3.05) is 26.0 Å². The summed E-state index contributed by atoms with van der Waals surface area (Å²) in [5.74, 6) is -0.221. The third-order valence-corrected chi connectivity index (χ3v) is 3.89. The van der Waals surface area contributed by atoms with Crippen molar-refractivity contribution >= 4 is 35.0 Å². The molecule has 0 aliphatic heterocycles. The molecule has 0 amide bonds. The Morgan fingerprint density at radius 3 is 2.71 bits per heavy atom. The van der Waals surface area contributed by atoms with Gasteiger partial charge >= 0.3 is 0 Å². The van der Waals surface area contributed by atoms with Crippen LogP contribution in [0.5, 0.6) is 5.75 Å². The van der Waals surface area contributed by atoms with Gasteiger partial charge in [0.15, 0.2) is 11.6 Å². The molecule has 128 valence electrons. The first-order chi connectivity index (χ1) is 11.4. The molecule has 0 fully saturated rings. The Kier molecular flexibility index (Phi) is 6.04. The molecule has 0 heterocycles. The Labute approximate surface area is 146 Å². The van der Waals surface area contributed by atoms with Gasteiger partial charge in [0, 0.05) is 36.1 Å². The Balaban J connectivity index is 2.32. The van der Waals surface area contributed by atoms with E-state index in [1.807, 2.05) is 25.8 Å². The number of hydrogen-bond donors (Lipinski definition) is 1. The van der Waals surface area contributed by atoms with Crippen LogP contribution in [0, 0.1) is 12.7 Å². The lowest BCUT2D eigenvalue weighted by atomic mass is 10.1. The van der Waals surface area contributed by atoms with E-state index in [1.54, 1.807) is 30.6 Å². The summed E-state index contributed by atoms with van der Waals surface area (Å²) in [5.41, 5.74) is 3.08. The van der Waals surface area contributed by atoms with Gasteiger partial charge in [-0.3, -0.25) is 0 Å². The lowest BCUT2D eigenvalue weighted by molar-refractivity contribution is 0.386. The number of nitrogens with zero attached hydrogens (tertiary/aromatic N) is 2. The van der Waals surface area contributed by atoms with E-state index < -0.39 is 5.82 Å². The summed E-state index contributed by atoms with van der Waals surface area (Å²) < 4.78 is 18.8. The molecule has 0 spiro atoms. The Bertz CT molecular complexity index is 749. The maximum absolute atomic E-state index is 13.8. The fourth-order valence-corrected chi connectivity index (χ4v) is 2.28. The standard InChI is InChI=1S/C18H21ClFN3O/c1-5-23(3)11-21-16-8-13(19)9-17(12(16)2)22-14-6-7-18(24-4)15(20)10-14/h6-11,22H,5H2,1-4H3. The predicted octanol–water partition coefficient (Wildman–Crippen LogP) is 5.15. The molecule has 0 saturated carbocycles. The van der Waals surface area contributed by atoms with Gasteiger partial charge in [-0.05, 0) is 43.7 Å². The Morgan fingerprint density at radius 2 is 2.08 bits per heavy atom. The summed E-state index contributed by atoms with van der Waals surface area (Å²) in [4.78, 5) is 6.43. The Morgan fingerprint density at radius 1 is 1.33 bits per heavy atom. The van der Waals surface area contributed by atoms with Gasteiger partial charge in [-0.1, -0.05) is 11.6 Å². The molecule has 24 heavy (non-hydrogen) atoms. The van der Waals surface area contributed by atoms with Crippen molar-refractivity contribution in [3.8, 4) is 5.75 Å². The zero-order chi connectivity index (χ0) is 17.7. The summed E-state index contributed by atoms with van der Waals surface area (Å²) in [6.45, 7) is 4.85. The number of nitrogens with one attached hydrogen (secondary N) is 1. The van der Waals surface area contributed by atoms with Crippen LogP contribution in [0.1, 0.15) is 12.5 Å². The lowest BCUT2D eigenvalue weighted by Gasteiger charge is -2.14. The second-order valence-electron chi connectivity index (χ2n) is 5.39. The van der Waals surface area contributed by atoms with Gasteiger partial charge < -0.3 is 15.0 Å². The molecular formula is C18H21ClFN3O. The number of rotatable bonds is 6. The molecule has 0 bridgehead atoms. The first-order valence-electron chi connectivity index (χ1n) is 7.59. The van der Waals surface area contributed by atoms with Crippen LogP contribution in [0.4, 0.5) is 21.5 Å². The maximum Gasteiger partial charge on any atom is 0.167 e. The average molecular weight is 350 g/mol. The highest BCUT2D eigenvalue weighted by Gasteiger charge is 2.09. The van der Waals surface area contributed by atoms with Crippen LogP contribution in [0.15, 0.2) is 35.3 Å². The number of ether oxygens (including phenoxy) is 1. The number of aliphatic imine (C=N–C) groups is 1. The third-order valence-electron chi connectivity index (χ3n) is 3.67. The third kappa shape index (κ3) is 4.38. The smallest absolute Gasteiger partial charge is 0.167 e. The molecule has 2 aromatic carbocycles. The summed E-state index contributed by atoms with van der Waals surface area (Å²) >= 11 is 6.19. The summed E-state index contributed by atoms with van der Waals surface area (Å²) in [5, 5.41) is 3.74. The second kappa shape index (κ2) is 8.02. The highest BCUT2D eigenvalue weighted by Crippen LogP contribution is 2.33. The average Bonchev–Trinajstić information content (AvgIpc) is 2.56. The molecule has 1 N–H and O–H groups in total. The zero-order valence-electron chi connectivity index (χ0n) is 14.2. The highest BCUT2D eigenvalue weighted by molar-refractivity contribution is 6.31. The quantitative estimate of drug-likeness (QED) is 0.578. The molecule has 6 heteroatoms. The van der Waals surface area contributed by atoms with Crippen molar-refractivity contribution in [2.24, 2.45) is 4.99 Å². The van der Waals surface area contributed by atoms with Crippen molar-refractivity contribution < 1.29 is 9.13 Å². The van der Waals surface area contributed by atoms with Crippen LogP contribution in [-0.4, -0.2) is 31.9 Å². The predicted molar refractivity (Wildman–Crippen MR) is 98.9 cm³/mol. The SMILES string of the molecule is CCN(C)C=Nc1cc(Cl)cc(Nc2ccc(OC)c(F)c2)c1C. The van der Waals surface area contributed by atoms with Gasteiger partial charge in [0.05, 0.1) is 19.1 Å². The number of anilines is 2. The van der Waals surface area contributed by atoms with Crippen LogP contribution in [-0.2, 0) is 0 Å². The highest BCUT2D eigenvalue weighted by atomic mass is 35.5. The van der Waals surface area contributed by atoms with Crippen molar-refractivity contribution in [2.45, 2.75) is 13.8 Å². The first kappa shape index (κ1) is 18.1. The van der Waals surface area contributed by atoms with Gasteiger partial charge in [-0.25, -0.2) is 9.38 Å². The molecule has 2 aromatic rings. The van der Waals surface area contributed by atoms with Crippen molar-refractivity contribution in [3.05, 3.63) is 46.7 Å². The van der Waals surface area contributed by atoms with Gasteiger partial charge in [-0.2, -0.15) is 0 Å². The molecular weight excluding hydrogens is 329 g/mol. The maximum atomic E-state index is 13.8. The van der Waals surface area contributed by atoms with Gasteiger partial charge in [0.2, 0.25) is 0 Å². The van der Waals surface area contributed by atoms with Crippen LogP contribution in [0.25, 0.3) is 0 Å². The van der Waals surface area contributed by atoms with E-state index in [2.05, 4.69) is 10.3 Å².